The molecule has 1 amide bonds. The van der Waals surface area contributed by atoms with Gasteiger partial charge in [0.1, 0.15) is 0 Å². The van der Waals surface area contributed by atoms with Gasteiger partial charge in [0.25, 0.3) is 5.91 Å². The number of sulfonamides is 1. The van der Waals surface area contributed by atoms with Gasteiger partial charge in [-0.15, -0.1) is 0 Å². The first-order valence-corrected chi connectivity index (χ1v) is 12.7. The van der Waals surface area contributed by atoms with Crippen LogP contribution in [-0.2, 0) is 23.1 Å². The molecule has 8 heteroatoms. The second kappa shape index (κ2) is 9.89. The van der Waals surface area contributed by atoms with E-state index in [-0.39, 0.29) is 10.5 Å². The van der Waals surface area contributed by atoms with Gasteiger partial charge in [-0.05, 0) is 56.0 Å². The summed E-state index contributed by atoms with van der Waals surface area (Å²) in [6.07, 6.45) is 2.73. The maximum Gasteiger partial charge on any atom is 0.252 e. The van der Waals surface area contributed by atoms with Crippen LogP contribution in [0.25, 0.3) is 0 Å². The summed E-state index contributed by atoms with van der Waals surface area (Å²) < 4.78 is 29.8. The Kier molecular flexibility index (Phi) is 6.95. The number of hydrogen-bond donors (Lipinski definition) is 1. The molecule has 0 atom stereocenters. The van der Waals surface area contributed by atoms with Gasteiger partial charge in [-0.25, -0.2) is 8.42 Å². The van der Waals surface area contributed by atoms with Crippen LogP contribution in [0.15, 0.2) is 59.5 Å². The minimum atomic E-state index is -3.70. The van der Waals surface area contributed by atoms with Crippen molar-refractivity contribution in [1.82, 2.24) is 19.4 Å². The Balaban J connectivity index is 1.47. The van der Waals surface area contributed by atoms with Crippen molar-refractivity contribution >= 4 is 15.9 Å². The molecule has 1 aromatic heterocycles. The molecule has 0 saturated carbocycles. The van der Waals surface area contributed by atoms with Crippen LogP contribution in [0.4, 0.5) is 0 Å². The molecule has 2 aromatic carbocycles. The third-order valence-corrected chi connectivity index (χ3v) is 7.90. The summed E-state index contributed by atoms with van der Waals surface area (Å²) >= 11 is 0. The molecular formula is C25H30N4O3S. The average Bonchev–Trinajstić information content (AvgIpc) is 3.14. The van der Waals surface area contributed by atoms with E-state index in [9.17, 15) is 13.2 Å². The summed E-state index contributed by atoms with van der Waals surface area (Å²) in [6, 6.07) is 16.5. The van der Waals surface area contributed by atoms with Crippen molar-refractivity contribution in [2.75, 3.05) is 13.1 Å². The number of nitrogens with zero attached hydrogens (tertiary/aromatic N) is 3. The highest BCUT2D eigenvalue weighted by molar-refractivity contribution is 7.89. The van der Waals surface area contributed by atoms with Gasteiger partial charge in [0.15, 0.2) is 0 Å². The van der Waals surface area contributed by atoms with Crippen molar-refractivity contribution in [2.45, 2.75) is 51.1 Å². The van der Waals surface area contributed by atoms with E-state index in [0.717, 1.165) is 41.8 Å². The first-order valence-electron chi connectivity index (χ1n) is 11.3. The number of carbonyl (C=O) groups is 1. The van der Waals surface area contributed by atoms with E-state index in [4.69, 9.17) is 0 Å². The number of hydrogen-bond acceptors (Lipinski definition) is 4. The zero-order valence-electron chi connectivity index (χ0n) is 19.1. The zero-order valence-corrected chi connectivity index (χ0v) is 19.9. The molecule has 0 bridgehead atoms. The lowest BCUT2D eigenvalue weighted by atomic mass is 10.1. The number of amides is 1. The van der Waals surface area contributed by atoms with E-state index in [1.165, 1.54) is 10.4 Å². The number of piperidine rings is 1. The Morgan fingerprint density at radius 1 is 0.970 bits per heavy atom. The number of benzene rings is 2. The van der Waals surface area contributed by atoms with Gasteiger partial charge in [0.05, 0.1) is 22.7 Å². The minimum absolute atomic E-state index is 0.0719. The van der Waals surface area contributed by atoms with E-state index in [2.05, 4.69) is 10.4 Å². The topological polar surface area (TPSA) is 84.3 Å². The van der Waals surface area contributed by atoms with E-state index in [0.29, 0.717) is 26.2 Å². The molecule has 0 spiro atoms. The van der Waals surface area contributed by atoms with Gasteiger partial charge >= 0.3 is 0 Å². The number of rotatable bonds is 7. The summed E-state index contributed by atoms with van der Waals surface area (Å²) in [5.74, 6) is -0.393. The Morgan fingerprint density at radius 3 is 2.42 bits per heavy atom. The van der Waals surface area contributed by atoms with Crippen molar-refractivity contribution in [2.24, 2.45) is 0 Å². The summed E-state index contributed by atoms with van der Waals surface area (Å²) in [5.41, 5.74) is 4.29. The number of aryl methyl sites for hydroxylation is 2. The van der Waals surface area contributed by atoms with Gasteiger partial charge < -0.3 is 5.32 Å². The number of aromatic nitrogens is 2. The molecule has 2 heterocycles. The van der Waals surface area contributed by atoms with Crippen molar-refractivity contribution in [3.8, 4) is 0 Å². The van der Waals surface area contributed by atoms with Crippen molar-refractivity contribution in [3.05, 3.63) is 82.7 Å². The van der Waals surface area contributed by atoms with Crippen molar-refractivity contribution in [3.63, 3.8) is 0 Å². The first-order chi connectivity index (χ1) is 15.8. The van der Waals surface area contributed by atoms with E-state index in [1.54, 1.807) is 18.2 Å². The molecule has 0 aliphatic carbocycles. The highest BCUT2D eigenvalue weighted by Crippen LogP contribution is 2.23. The van der Waals surface area contributed by atoms with Crippen LogP contribution in [0.3, 0.4) is 0 Å². The van der Waals surface area contributed by atoms with E-state index in [1.807, 2.05) is 48.9 Å². The quantitative estimate of drug-likeness (QED) is 0.576. The number of nitrogens with one attached hydrogen (secondary N) is 1. The third kappa shape index (κ3) is 5.34. The van der Waals surface area contributed by atoms with Gasteiger partial charge in [-0.2, -0.15) is 9.40 Å². The standard InChI is InChI=1S/C25H30N4O3S/c1-19-15-20(2)29(27-19)18-22-10-8-9-21(16-22)17-26-25(30)23-11-4-5-12-24(23)33(31,32)28-13-6-3-7-14-28/h4-5,8-12,15-16H,3,6-7,13-14,17-18H2,1-2H3,(H,26,30). The summed E-state index contributed by atoms with van der Waals surface area (Å²) in [4.78, 5) is 13.1. The lowest BCUT2D eigenvalue weighted by molar-refractivity contribution is 0.0947. The lowest BCUT2D eigenvalue weighted by Gasteiger charge is -2.26. The fourth-order valence-electron chi connectivity index (χ4n) is 4.25. The Hall–Kier alpha value is -2.97. The fourth-order valence-corrected chi connectivity index (χ4v) is 5.95. The molecule has 1 N–H and O–H groups in total. The van der Waals surface area contributed by atoms with Gasteiger partial charge in [0, 0.05) is 25.3 Å². The van der Waals surface area contributed by atoms with E-state index < -0.39 is 15.9 Å². The van der Waals surface area contributed by atoms with E-state index >= 15 is 0 Å². The Labute approximate surface area is 195 Å². The first kappa shape index (κ1) is 23.2. The predicted octanol–water partition coefficient (Wildman–Crippen LogP) is 3.65. The molecule has 1 saturated heterocycles. The van der Waals surface area contributed by atoms with Gasteiger partial charge in [-0.1, -0.05) is 42.8 Å². The lowest BCUT2D eigenvalue weighted by Crippen LogP contribution is -2.37. The molecule has 3 aromatic rings. The van der Waals surface area contributed by atoms with Crippen LogP contribution in [0.2, 0.25) is 0 Å². The highest BCUT2D eigenvalue weighted by atomic mass is 32.2. The van der Waals surface area contributed by atoms with Crippen LogP contribution in [0, 0.1) is 13.8 Å². The fraction of sp³-hybridized carbons (Fsp3) is 0.360. The molecule has 174 valence electrons. The molecule has 1 aliphatic rings. The number of carbonyl (C=O) groups excluding carboxylic acids is 1. The van der Waals surface area contributed by atoms with Crippen LogP contribution < -0.4 is 5.32 Å². The van der Waals surface area contributed by atoms with Crippen LogP contribution in [0.5, 0.6) is 0 Å². The second-order valence-electron chi connectivity index (χ2n) is 8.55. The highest BCUT2D eigenvalue weighted by Gasteiger charge is 2.29. The third-order valence-electron chi connectivity index (χ3n) is 5.94. The van der Waals surface area contributed by atoms with Gasteiger partial charge in [0.2, 0.25) is 10.0 Å². The monoisotopic (exact) mass is 466 g/mol. The SMILES string of the molecule is Cc1cc(C)n(Cc2cccc(CNC(=O)c3ccccc3S(=O)(=O)N3CCCCC3)c2)n1. The Bertz CT molecular complexity index is 1240. The predicted molar refractivity (Wildman–Crippen MR) is 127 cm³/mol. The molecule has 33 heavy (non-hydrogen) atoms. The van der Waals surface area contributed by atoms with Gasteiger partial charge in [-0.3, -0.25) is 9.48 Å². The maximum atomic E-state index is 13.2. The largest absolute Gasteiger partial charge is 0.348 e. The summed E-state index contributed by atoms with van der Waals surface area (Å²) in [5, 5.41) is 7.40. The van der Waals surface area contributed by atoms with Crippen LogP contribution in [0.1, 0.15) is 52.1 Å². The average molecular weight is 467 g/mol. The smallest absolute Gasteiger partial charge is 0.252 e. The maximum absolute atomic E-state index is 13.2. The summed E-state index contributed by atoms with van der Waals surface area (Å²) in [6.45, 7) is 5.96. The van der Waals surface area contributed by atoms with Crippen molar-refractivity contribution < 1.29 is 13.2 Å². The van der Waals surface area contributed by atoms with Crippen LogP contribution in [-0.4, -0.2) is 41.5 Å². The normalized spacial score (nSPS) is 14.8. The second-order valence-corrected chi connectivity index (χ2v) is 10.5. The van der Waals surface area contributed by atoms with Crippen LogP contribution >= 0.6 is 0 Å². The minimum Gasteiger partial charge on any atom is -0.348 e. The molecule has 7 nitrogen and oxygen atoms in total. The molecule has 1 fully saturated rings. The molecule has 1 aliphatic heterocycles. The molecule has 0 unspecified atom stereocenters. The molecular weight excluding hydrogens is 436 g/mol. The Morgan fingerprint density at radius 2 is 1.70 bits per heavy atom. The molecule has 4 rings (SSSR count). The molecule has 0 radical (unpaired) electrons. The van der Waals surface area contributed by atoms with Crippen molar-refractivity contribution in [1.29, 1.82) is 0 Å². The zero-order chi connectivity index (χ0) is 23.4. The summed E-state index contributed by atoms with van der Waals surface area (Å²) in [7, 11) is -3.70.